The van der Waals surface area contributed by atoms with E-state index in [1.807, 2.05) is 39.0 Å². The van der Waals surface area contributed by atoms with Crippen molar-refractivity contribution in [3.8, 4) is 0 Å². The fraction of sp³-hybridized carbons (Fsp3) is 0.500. The Labute approximate surface area is 91.3 Å². The Bertz CT molecular complexity index is 334. The first-order valence-electron chi connectivity index (χ1n) is 5.20. The van der Waals surface area contributed by atoms with Crippen LogP contribution in [0.25, 0.3) is 0 Å². The molecule has 15 heavy (non-hydrogen) atoms. The zero-order chi connectivity index (χ0) is 11.5. The number of anilines is 2. The quantitative estimate of drug-likeness (QED) is 0.664. The first-order chi connectivity index (χ1) is 6.94. The van der Waals surface area contributed by atoms with E-state index < -0.39 is 0 Å². The minimum Gasteiger partial charge on any atom is -0.397 e. The molecular weight excluding hydrogens is 188 g/mol. The number of benzene rings is 1. The molecule has 1 aromatic rings. The molecule has 0 spiro atoms. The van der Waals surface area contributed by atoms with E-state index in [9.17, 15) is 0 Å². The van der Waals surface area contributed by atoms with Crippen molar-refractivity contribution in [2.75, 3.05) is 17.7 Å². The van der Waals surface area contributed by atoms with Gasteiger partial charge in [-0.05, 0) is 44.9 Å². The molecule has 0 unspecified atom stereocenters. The molecule has 0 atom stereocenters. The van der Waals surface area contributed by atoms with Gasteiger partial charge in [0.05, 0.1) is 11.4 Å². The monoisotopic (exact) mass is 208 g/mol. The summed E-state index contributed by atoms with van der Waals surface area (Å²) in [5, 5.41) is 12.3. The Morgan fingerprint density at radius 3 is 2.60 bits per heavy atom. The highest BCUT2D eigenvalue weighted by molar-refractivity contribution is 5.67. The summed E-state index contributed by atoms with van der Waals surface area (Å²) in [4.78, 5) is 0. The van der Waals surface area contributed by atoms with Crippen LogP contribution in [0.4, 0.5) is 11.4 Å². The van der Waals surface area contributed by atoms with Crippen LogP contribution in [0.5, 0.6) is 0 Å². The van der Waals surface area contributed by atoms with Gasteiger partial charge in [0, 0.05) is 12.1 Å². The van der Waals surface area contributed by atoms with Crippen LogP contribution in [0.2, 0.25) is 0 Å². The van der Waals surface area contributed by atoms with E-state index in [0.717, 1.165) is 16.9 Å². The maximum absolute atomic E-state index is 8.92. The molecule has 0 heterocycles. The molecule has 4 N–H and O–H groups in total. The van der Waals surface area contributed by atoms with E-state index >= 15 is 0 Å². The highest BCUT2D eigenvalue weighted by Gasteiger charge is 2.17. The molecule has 0 saturated carbocycles. The molecule has 1 rings (SSSR count). The number of nitrogens with one attached hydrogen (secondary N) is 1. The van der Waals surface area contributed by atoms with E-state index in [-0.39, 0.29) is 12.1 Å². The molecule has 0 aromatic heterocycles. The SMILES string of the molecule is Cc1ccc(NC(C)(C)CCO)c(N)c1. The predicted octanol–water partition coefficient (Wildman–Crippen LogP) is 2.15. The van der Waals surface area contributed by atoms with Gasteiger partial charge in [-0.1, -0.05) is 6.07 Å². The summed E-state index contributed by atoms with van der Waals surface area (Å²) in [5.74, 6) is 0. The van der Waals surface area contributed by atoms with Gasteiger partial charge < -0.3 is 16.2 Å². The topological polar surface area (TPSA) is 58.3 Å². The van der Waals surface area contributed by atoms with Gasteiger partial charge in [-0.2, -0.15) is 0 Å². The van der Waals surface area contributed by atoms with Crippen LogP contribution in [-0.2, 0) is 0 Å². The molecule has 0 aliphatic heterocycles. The van der Waals surface area contributed by atoms with Gasteiger partial charge in [0.2, 0.25) is 0 Å². The fourth-order valence-corrected chi connectivity index (χ4v) is 1.50. The van der Waals surface area contributed by atoms with Gasteiger partial charge in [-0.25, -0.2) is 0 Å². The molecule has 84 valence electrons. The highest BCUT2D eigenvalue weighted by Crippen LogP contribution is 2.24. The largest absolute Gasteiger partial charge is 0.397 e. The van der Waals surface area contributed by atoms with Crippen LogP contribution in [0, 0.1) is 6.92 Å². The lowest BCUT2D eigenvalue weighted by molar-refractivity contribution is 0.261. The van der Waals surface area contributed by atoms with Gasteiger partial charge >= 0.3 is 0 Å². The van der Waals surface area contributed by atoms with Crippen molar-refractivity contribution in [1.82, 2.24) is 0 Å². The summed E-state index contributed by atoms with van der Waals surface area (Å²) < 4.78 is 0. The van der Waals surface area contributed by atoms with E-state index in [2.05, 4.69) is 5.32 Å². The second kappa shape index (κ2) is 4.53. The van der Waals surface area contributed by atoms with E-state index in [0.29, 0.717) is 6.42 Å². The average Bonchev–Trinajstić information content (AvgIpc) is 2.09. The molecule has 3 nitrogen and oxygen atoms in total. The van der Waals surface area contributed by atoms with E-state index in [1.54, 1.807) is 0 Å². The normalized spacial score (nSPS) is 11.5. The lowest BCUT2D eigenvalue weighted by atomic mass is 10.0. The Kier molecular flexibility index (Phi) is 3.58. The van der Waals surface area contributed by atoms with Crippen molar-refractivity contribution in [2.45, 2.75) is 32.7 Å². The van der Waals surface area contributed by atoms with Crippen LogP contribution in [0.1, 0.15) is 25.8 Å². The number of hydrogen-bond donors (Lipinski definition) is 3. The molecule has 1 aromatic carbocycles. The van der Waals surface area contributed by atoms with E-state index in [1.165, 1.54) is 0 Å². The minimum absolute atomic E-state index is 0.141. The van der Waals surface area contributed by atoms with Crippen LogP contribution >= 0.6 is 0 Å². The zero-order valence-corrected chi connectivity index (χ0v) is 9.67. The van der Waals surface area contributed by atoms with Crippen LogP contribution in [0.15, 0.2) is 18.2 Å². The number of rotatable bonds is 4. The lowest BCUT2D eigenvalue weighted by Crippen LogP contribution is -2.32. The standard InChI is InChI=1S/C12H20N2O/c1-9-4-5-11(10(13)8-9)14-12(2,3)6-7-15/h4-5,8,14-15H,6-7,13H2,1-3H3. The zero-order valence-electron chi connectivity index (χ0n) is 9.67. The van der Waals surface area contributed by atoms with Gasteiger partial charge in [-0.3, -0.25) is 0 Å². The molecule has 0 bridgehead atoms. The van der Waals surface area contributed by atoms with Crippen molar-refractivity contribution >= 4 is 11.4 Å². The van der Waals surface area contributed by atoms with Crippen LogP contribution in [-0.4, -0.2) is 17.3 Å². The van der Waals surface area contributed by atoms with Crippen LogP contribution in [0.3, 0.4) is 0 Å². The fourth-order valence-electron chi connectivity index (χ4n) is 1.50. The maximum atomic E-state index is 8.92. The number of hydrogen-bond acceptors (Lipinski definition) is 3. The molecule has 0 aliphatic rings. The predicted molar refractivity (Wildman–Crippen MR) is 65.0 cm³/mol. The summed E-state index contributed by atoms with van der Waals surface area (Å²) in [5.41, 5.74) is 8.59. The van der Waals surface area contributed by atoms with Gasteiger partial charge in [0.25, 0.3) is 0 Å². The number of aliphatic hydroxyl groups is 1. The third-order valence-electron chi connectivity index (χ3n) is 2.42. The van der Waals surface area contributed by atoms with Gasteiger partial charge in [0.15, 0.2) is 0 Å². The lowest BCUT2D eigenvalue weighted by Gasteiger charge is -2.27. The number of nitrogens with two attached hydrogens (primary N) is 1. The third kappa shape index (κ3) is 3.44. The Balaban J connectivity index is 2.80. The first-order valence-corrected chi connectivity index (χ1v) is 5.20. The molecule has 3 heteroatoms. The van der Waals surface area contributed by atoms with Crippen molar-refractivity contribution in [3.05, 3.63) is 23.8 Å². The summed E-state index contributed by atoms with van der Waals surface area (Å²) in [6.45, 7) is 6.27. The second-order valence-electron chi connectivity index (χ2n) is 4.57. The average molecular weight is 208 g/mol. The number of aliphatic hydroxyl groups excluding tert-OH is 1. The number of aryl methyl sites for hydroxylation is 1. The van der Waals surface area contributed by atoms with Gasteiger partial charge in [-0.15, -0.1) is 0 Å². The molecule has 0 radical (unpaired) electrons. The summed E-state index contributed by atoms with van der Waals surface area (Å²) in [6.07, 6.45) is 0.695. The third-order valence-corrected chi connectivity index (χ3v) is 2.42. The Morgan fingerprint density at radius 2 is 2.07 bits per heavy atom. The minimum atomic E-state index is -0.141. The smallest absolute Gasteiger partial charge is 0.0578 e. The van der Waals surface area contributed by atoms with E-state index in [4.69, 9.17) is 10.8 Å². The summed E-state index contributed by atoms with van der Waals surface area (Å²) in [7, 11) is 0. The summed E-state index contributed by atoms with van der Waals surface area (Å²) in [6, 6.07) is 5.94. The molecular formula is C12H20N2O. The second-order valence-corrected chi connectivity index (χ2v) is 4.57. The Morgan fingerprint density at radius 1 is 1.40 bits per heavy atom. The maximum Gasteiger partial charge on any atom is 0.0578 e. The van der Waals surface area contributed by atoms with Gasteiger partial charge in [0.1, 0.15) is 0 Å². The number of nitrogen functional groups attached to an aromatic ring is 1. The highest BCUT2D eigenvalue weighted by atomic mass is 16.3. The molecule has 0 saturated heterocycles. The molecule has 0 amide bonds. The molecule has 0 fully saturated rings. The van der Waals surface area contributed by atoms with Crippen molar-refractivity contribution in [3.63, 3.8) is 0 Å². The summed E-state index contributed by atoms with van der Waals surface area (Å²) >= 11 is 0. The molecule has 0 aliphatic carbocycles. The Hall–Kier alpha value is -1.22. The van der Waals surface area contributed by atoms with Crippen LogP contribution < -0.4 is 11.1 Å². The van der Waals surface area contributed by atoms with Crippen molar-refractivity contribution < 1.29 is 5.11 Å². The first kappa shape index (κ1) is 11.9. The van der Waals surface area contributed by atoms with Crippen molar-refractivity contribution in [2.24, 2.45) is 0 Å². The van der Waals surface area contributed by atoms with Crippen molar-refractivity contribution in [1.29, 1.82) is 0 Å².